The van der Waals surface area contributed by atoms with Crippen LogP contribution in [0, 0.1) is 5.41 Å². The molecule has 0 radical (unpaired) electrons. The minimum absolute atomic E-state index is 0.0282. The van der Waals surface area contributed by atoms with Gasteiger partial charge in [0.2, 0.25) is 11.5 Å². The third-order valence-electron chi connectivity index (χ3n) is 7.03. The molecule has 3 heterocycles. The van der Waals surface area contributed by atoms with Crippen molar-refractivity contribution in [3.63, 3.8) is 0 Å². The summed E-state index contributed by atoms with van der Waals surface area (Å²) in [6.07, 6.45) is 8.39. The summed E-state index contributed by atoms with van der Waals surface area (Å²) in [6.45, 7) is 4.25. The van der Waals surface area contributed by atoms with E-state index in [1.165, 1.54) is 10.6 Å². The molecule has 2 aromatic heterocycles. The number of fused-ring (bicyclic) bond motifs is 1. The van der Waals surface area contributed by atoms with Gasteiger partial charge in [-0.3, -0.25) is 9.59 Å². The molecule has 1 saturated heterocycles. The molecule has 3 fully saturated rings. The Labute approximate surface area is 202 Å². The predicted molar refractivity (Wildman–Crippen MR) is 125 cm³/mol. The van der Waals surface area contributed by atoms with Crippen LogP contribution in [-0.4, -0.2) is 77.0 Å². The average molecular weight is 487 g/mol. The molecule has 0 bridgehead atoms. The number of hydrogen-bond donors (Lipinski definition) is 3. The molecule has 188 valence electrons. The summed E-state index contributed by atoms with van der Waals surface area (Å²) in [4.78, 5) is 40.7. The molecule has 35 heavy (non-hydrogen) atoms. The summed E-state index contributed by atoms with van der Waals surface area (Å²) in [5.74, 6) is -1.12. The maximum Gasteiger partial charge on any atom is 0.378 e. The molecule has 3 N–H and O–H groups in total. The van der Waals surface area contributed by atoms with Crippen LogP contribution in [-0.2, 0) is 20.8 Å². The van der Waals surface area contributed by atoms with Gasteiger partial charge in [0.25, 0.3) is 5.91 Å². The van der Waals surface area contributed by atoms with Gasteiger partial charge in [0.05, 0.1) is 44.2 Å². The van der Waals surface area contributed by atoms with Crippen LogP contribution in [0.1, 0.15) is 48.5 Å². The van der Waals surface area contributed by atoms with Gasteiger partial charge < -0.3 is 24.8 Å². The molecule has 3 aliphatic rings. The third-order valence-corrected chi connectivity index (χ3v) is 7.03. The van der Waals surface area contributed by atoms with E-state index in [2.05, 4.69) is 17.3 Å². The maximum absolute atomic E-state index is 13.2. The number of nitrogens with one attached hydrogen (secondary N) is 2. The summed E-state index contributed by atoms with van der Waals surface area (Å²) in [5.41, 5.74) is 0.0262. The first-order chi connectivity index (χ1) is 16.8. The largest absolute Gasteiger partial charge is 0.477 e. The van der Waals surface area contributed by atoms with Crippen LogP contribution >= 0.6 is 0 Å². The highest BCUT2D eigenvalue weighted by Crippen LogP contribution is 2.45. The van der Waals surface area contributed by atoms with Crippen molar-refractivity contribution in [2.75, 3.05) is 33.5 Å². The van der Waals surface area contributed by atoms with Crippen molar-refractivity contribution in [3.8, 4) is 5.88 Å². The number of nitrogens with zero attached hydrogens (tertiary/aromatic N) is 3. The molecule has 11 nitrogen and oxygen atoms in total. The van der Waals surface area contributed by atoms with Gasteiger partial charge in [-0.25, -0.2) is 9.89 Å². The average Bonchev–Trinajstić information content (AvgIpc) is 3.75. The van der Waals surface area contributed by atoms with Crippen LogP contribution in [0.15, 0.2) is 17.1 Å². The molecule has 11 heteroatoms. The lowest BCUT2D eigenvalue weighted by Gasteiger charge is -2.34. The van der Waals surface area contributed by atoms with Crippen molar-refractivity contribution in [2.45, 2.75) is 51.2 Å². The van der Waals surface area contributed by atoms with E-state index >= 15 is 0 Å². The van der Waals surface area contributed by atoms with Gasteiger partial charge in [0.15, 0.2) is 0 Å². The normalized spacial score (nSPS) is 21.5. The Kier molecular flexibility index (Phi) is 6.14. The Morgan fingerprint density at radius 1 is 1.40 bits per heavy atom. The van der Waals surface area contributed by atoms with E-state index < -0.39 is 11.5 Å². The van der Waals surface area contributed by atoms with Gasteiger partial charge in [0, 0.05) is 31.2 Å². The van der Waals surface area contributed by atoms with Crippen LogP contribution < -0.4 is 15.4 Å². The summed E-state index contributed by atoms with van der Waals surface area (Å²) < 4.78 is 13.6. The lowest BCUT2D eigenvalue weighted by Crippen LogP contribution is -2.50. The molecule has 2 saturated carbocycles. The predicted octanol–water partition coefficient (Wildman–Crippen LogP) is 0.200. The maximum atomic E-state index is 13.2. The highest BCUT2D eigenvalue weighted by Gasteiger charge is 2.43. The summed E-state index contributed by atoms with van der Waals surface area (Å²) >= 11 is 0. The zero-order chi connectivity index (χ0) is 24.7. The van der Waals surface area contributed by atoms with Gasteiger partial charge in [-0.2, -0.15) is 4.57 Å². The standard InChI is InChI=1S/C24H31N5O6/c1-24(7-8-24)14-28-21-15(3-6-18(30)27-9-10-35-13-17(27)12-34-2)11-25-29(21)23(33)19(22(28)32)20(31)26-16-4-5-16/h3,6,11,16-17H,4-5,7-10,12-14H2,1-2H3,(H2,26,31,32,33)/p+1/b6-3+/t17-/m1/s1. The lowest BCUT2D eigenvalue weighted by atomic mass is 10.1. The van der Waals surface area contributed by atoms with E-state index in [0.29, 0.717) is 44.1 Å². The molecular weight excluding hydrogens is 454 g/mol. The number of ether oxygens (including phenoxy) is 2. The first-order valence-electron chi connectivity index (χ1n) is 12.1. The highest BCUT2D eigenvalue weighted by atomic mass is 16.5. The number of aromatic nitrogens is 3. The van der Waals surface area contributed by atoms with Gasteiger partial charge in [-0.05, 0) is 31.8 Å². The second kappa shape index (κ2) is 9.12. The van der Waals surface area contributed by atoms with E-state index in [1.54, 1.807) is 28.8 Å². The Hall–Kier alpha value is -3.18. The molecule has 0 aromatic carbocycles. The second-order valence-electron chi connectivity index (χ2n) is 10.1. The Bertz CT molecular complexity index is 1240. The van der Waals surface area contributed by atoms with Crippen LogP contribution in [0.25, 0.3) is 11.7 Å². The number of hydrogen-bond acceptors (Lipinski definition) is 6. The summed E-state index contributed by atoms with van der Waals surface area (Å²) in [7, 11) is 1.58. The lowest BCUT2D eigenvalue weighted by molar-refractivity contribution is -0.689. The second-order valence-corrected chi connectivity index (χ2v) is 10.1. The molecule has 5 rings (SSSR count). The number of carbonyl (C=O) groups excluding carboxylic acids is 2. The number of amides is 2. The Balaban J connectivity index is 1.52. The first kappa shape index (κ1) is 23.6. The fourth-order valence-electron chi connectivity index (χ4n) is 4.50. The highest BCUT2D eigenvalue weighted by molar-refractivity contribution is 5.96. The van der Waals surface area contributed by atoms with Crippen molar-refractivity contribution in [2.24, 2.45) is 5.41 Å². The minimum Gasteiger partial charge on any atom is -0.477 e. The van der Waals surface area contributed by atoms with Crippen molar-refractivity contribution in [1.82, 2.24) is 19.8 Å². The number of H-pyrrole nitrogens is 1. The van der Waals surface area contributed by atoms with E-state index in [9.17, 15) is 19.5 Å². The van der Waals surface area contributed by atoms with Crippen LogP contribution in [0.2, 0.25) is 0 Å². The smallest absolute Gasteiger partial charge is 0.378 e. The zero-order valence-electron chi connectivity index (χ0n) is 20.1. The molecule has 0 spiro atoms. The summed E-state index contributed by atoms with van der Waals surface area (Å²) in [6, 6.07) is -0.125. The number of methoxy groups -OCH3 is 1. The van der Waals surface area contributed by atoms with Gasteiger partial charge in [-0.1, -0.05) is 11.4 Å². The molecule has 1 aliphatic heterocycles. The molecule has 2 aliphatic carbocycles. The quantitative estimate of drug-likeness (QED) is 0.361. The number of aromatic amines is 1. The van der Waals surface area contributed by atoms with E-state index in [4.69, 9.17) is 9.47 Å². The van der Waals surface area contributed by atoms with Crippen LogP contribution in [0.3, 0.4) is 0 Å². The molecule has 2 aromatic rings. The van der Waals surface area contributed by atoms with Crippen LogP contribution in [0.4, 0.5) is 0 Å². The zero-order valence-corrected chi connectivity index (χ0v) is 20.1. The van der Waals surface area contributed by atoms with E-state index in [-0.39, 0.29) is 34.8 Å². The Morgan fingerprint density at radius 2 is 2.17 bits per heavy atom. The van der Waals surface area contributed by atoms with Crippen molar-refractivity contribution in [1.29, 1.82) is 0 Å². The van der Waals surface area contributed by atoms with E-state index in [0.717, 1.165) is 25.7 Å². The van der Waals surface area contributed by atoms with Crippen molar-refractivity contribution in [3.05, 3.63) is 33.8 Å². The third kappa shape index (κ3) is 4.70. The molecule has 1 atom stereocenters. The SMILES string of the molecule is COC[C@@H]1COCCN1C(=O)/C=C/c1c[nH]n2c(=O)c(C(=O)NC3CC3)c(O)[n+](CC3(C)CC3)c12. The van der Waals surface area contributed by atoms with Crippen molar-refractivity contribution >= 4 is 23.5 Å². The molecule has 2 amide bonds. The summed E-state index contributed by atoms with van der Waals surface area (Å²) in [5, 5.41) is 16.8. The molecule has 0 unspecified atom stereocenters. The van der Waals surface area contributed by atoms with Gasteiger partial charge in [0.1, 0.15) is 0 Å². The monoisotopic (exact) mass is 486 g/mol. The fourth-order valence-corrected chi connectivity index (χ4v) is 4.50. The van der Waals surface area contributed by atoms with Gasteiger partial charge in [-0.15, -0.1) is 0 Å². The number of carbonyl (C=O) groups is 2. The number of rotatable bonds is 8. The fraction of sp³-hybridized carbons (Fsp3) is 0.583. The Morgan fingerprint density at radius 3 is 2.86 bits per heavy atom. The first-order valence-corrected chi connectivity index (χ1v) is 12.1. The van der Waals surface area contributed by atoms with Crippen LogP contribution in [0.5, 0.6) is 5.88 Å². The topological polar surface area (TPSA) is 129 Å². The molecular formula is C24H32N5O6+. The van der Waals surface area contributed by atoms with Crippen molar-refractivity contribution < 1.29 is 28.7 Å². The minimum atomic E-state index is -0.632. The number of morpholine rings is 1. The van der Waals surface area contributed by atoms with Gasteiger partial charge >= 0.3 is 17.1 Å². The number of aromatic hydroxyl groups is 1. The van der Waals surface area contributed by atoms with E-state index in [1.807, 2.05) is 0 Å².